The molecule has 4 aromatic heterocycles. The molecule has 0 radical (unpaired) electrons. The van der Waals surface area contributed by atoms with Crippen molar-refractivity contribution >= 4 is 46.3 Å². The first kappa shape index (κ1) is 37.8. The number of nitrogens with zero attached hydrogens (tertiary/aromatic N) is 11. The van der Waals surface area contributed by atoms with Crippen LogP contribution in [0.2, 0.25) is 0 Å². The predicted octanol–water partition coefficient (Wildman–Crippen LogP) is 4.17. The second-order valence-corrected chi connectivity index (χ2v) is 14.9. The number of aromatic nitrogens is 6. The van der Waals surface area contributed by atoms with Crippen molar-refractivity contribution in [1.82, 2.24) is 39.3 Å². The van der Waals surface area contributed by atoms with Gasteiger partial charge in [-0.1, -0.05) is 16.9 Å². The third-order valence-corrected chi connectivity index (χ3v) is 11.5. The van der Waals surface area contributed by atoms with E-state index in [-0.39, 0.29) is 24.1 Å². The Labute approximate surface area is 319 Å². The van der Waals surface area contributed by atoms with Crippen LogP contribution in [0.1, 0.15) is 44.3 Å². The monoisotopic (exact) mass is 762 g/mol. The van der Waals surface area contributed by atoms with Crippen LogP contribution >= 0.6 is 11.9 Å². The van der Waals surface area contributed by atoms with Gasteiger partial charge >= 0.3 is 5.95 Å². The number of pyridine rings is 2. The molecule has 0 bridgehead atoms. The molecule has 4 aromatic rings. The quantitative estimate of drug-likeness (QED) is 0.110. The van der Waals surface area contributed by atoms with Crippen LogP contribution in [-0.4, -0.2) is 135 Å². The van der Waals surface area contributed by atoms with Gasteiger partial charge in [0.05, 0.1) is 61.5 Å². The van der Waals surface area contributed by atoms with Crippen molar-refractivity contribution < 1.29 is 19.1 Å². The van der Waals surface area contributed by atoms with E-state index in [2.05, 4.69) is 52.4 Å². The molecule has 2 aliphatic heterocycles. The number of imidazole rings is 1. The Hall–Kier alpha value is -4.52. The van der Waals surface area contributed by atoms with E-state index in [4.69, 9.17) is 24.2 Å². The Bertz CT molecular complexity index is 1860. The lowest BCUT2D eigenvalue weighted by Gasteiger charge is -2.32. The third-order valence-electron chi connectivity index (χ3n) is 10.5. The normalized spacial score (nSPS) is 20.5. The van der Waals surface area contributed by atoms with Gasteiger partial charge in [-0.25, -0.2) is 14.5 Å². The van der Waals surface area contributed by atoms with Crippen molar-refractivity contribution in [2.24, 2.45) is 7.05 Å². The maximum atomic E-state index is 11.5. The fourth-order valence-corrected chi connectivity index (χ4v) is 8.04. The van der Waals surface area contributed by atoms with E-state index < -0.39 is 4.92 Å². The maximum absolute atomic E-state index is 11.5. The van der Waals surface area contributed by atoms with Gasteiger partial charge in [0.1, 0.15) is 30.4 Å². The van der Waals surface area contributed by atoms with Gasteiger partial charge in [-0.2, -0.15) is 4.98 Å². The number of ether oxygens (including phenoxy) is 3. The molecule has 18 heteroatoms. The molecule has 1 N–H and O–H groups in total. The van der Waals surface area contributed by atoms with Gasteiger partial charge in [-0.15, -0.1) is 0 Å². The van der Waals surface area contributed by atoms with Crippen molar-refractivity contribution in [3.63, 3.8) is 0 Å². The highest BCUT2D eigenvalue weighted by Gasteiger charge is 2.29. The summed E-state index contributed by atoms with van der Waals surface area (Å²) in [5, 5.41) is 15.8. The number of hydrogen-bond donors (Lipinski definition) is 1. The van der Waals surface area contributed by atoms with Crippen molar-refractivity contribution in [2.75, 3.05) is 93.5 Å². The molecule has 2 saturated heterocycles. The van der Waals surface area contributed by atoms with Crippen LogP contribution in [0, 0.1) is 10.1 Å². The van der Waals surface area contributed by atoms with E-state index in [1.165, 1.54) is 16.5 Å². The first-order valence-electron chi connectivity index (χ1n) is 18.7. The van der Waals surface area contributed by atoms with Crippen LogP contribution in [0.25, 0.3) is 10.9 Å². The number of morpholine rings is 1. The molecule has 1 unspecified atom stereocenters. The zero-order chi connectivity index (χ0) is 37.6. The fraction of sp³-hybridized carbons (Fsp3) is 0.583. The average Bonchev–Trinajstić information content (AvgIpc) is 3.59. The van der Waals surface area contributed by atoms with Gasteiger partial charge in [0.2, 0.25) is 11.8 Å². The second kappa shape index (κ2) is 17.3. The van der Waals surface area contributed by atoms with E-state index in [0.717, 1.165) is 93.9 Å². The van der Waals surface area contributed by atoms with E-state index >= 15 is 0 Å². The van der Waals surface area contributed by atoms with Crippen LogP contribution < -0.4 is 24.0 Å². The highest BCUT2D eigenvalue weighted by molar-refractivity contribution is 8.00. The number of piperazine rings is 1. The summed E-state index contributed by atoms with van der Waals surface area (Å²) < 4.78 is 21.9. The first-order chi connectivity index (χ1) is 26.2. The van der Waals surface area contributed by atoms with E-state index in [1.54, 1.807) is 25.6 Å². The SMILES string of the molecule is CSN(c1cnc2cc(N3CCOCC3)nc(OC3CCC(Nc4ncc(OCCN5CCN(C)CC5)cn4)CC3)c2c1)C(C)c1cnc([N+](=O)[O-])n1C. The smallest absolute Gasteiger partial charge is 0.434 e. The maximum Gasteiger partial charge on any atom is 0.434 e. The highest BCUT2D eigenvalue weighted by atomic mass is 32.2. The Morgan fingerprint density at radius 3 is 2.43 bits per heavy atom. The zero-order valence-electron chi connectivity index (χ0n) is 31.5. The summed E-state index contributed by atoms with van der Waals surface area (Å²) in [6.45, 7) is 10.6. The molecule has 0 aromatic carbocycles. The number of likely N-dealkylation sites (N-methyl/N-ethyl adjacent to an activating group) is 1. The van der Waals surface area contributed by atoms with E-state index in [1.807, 2.05) is 25.4 Å². The molecule has 290 valence electrons. The third kappa shape index (κ3) is 8.88. The molecule has 1 saturated carbocycles. The minimum absolute atomic E-state index is 0.0232. The Balaban J connectivity index is 1.01. The van der Waals surface area contributed by atoms with Gasteiger partial charge in [-0.3, -0.25) is 9.88 Å². The number of rotatable bonds is 14. The lowest BCUT2D eigenvalue weighted by Crippen LogP contribution is -2.45. The molecule has 17 nitrogen and oxygen atoms in total. The standard InChI is InChI=1S/C36H50N12O5S/c1-25(32-24-40-36(44(32)3)48(49)50)47(54-4)27-19-30-31(37-21-27)20-33(46-14-16-51-17-15-46)42-34(30)53-28-7-5-26(6-8-28)41-35-38-22-29(23-39-35)52-18-13-45-11-9-43(2)10-12-45/h19-26,28H,5-18H2,1-4H3,(H,38,39,41). The van der Waals surface area contributed by atoms with Gasteiger partial charge in [-0.05, 0) is 50.6 Å². The summed E-state index contributed by atoms with van der Waals surface area (Å²) >= 11 is 1.51. The molecule has 0 spiro atoms. The molecule has 0 amide bonds. The predicted molar refractivity (Wildman–Crippen MR) is 209 cm³/mol. The van der Waals surface area contributed by atoms with Crippen molar-refractivity contribution in [3.05, 3.63) is 52.7 Å². The summed E-state index contributed by atoms with van der Waals surface area (Å²) in [5.74, 6) is 2.45. The van der Waals surface area contributed by atoms with Crippen LogP contribution in [0.3, 0.4) is 0 Å². The van der Waals surface area contributed by atoms with Crippen LogP contribution in [0.4, 0.5) is 23.4 Å². The molecule has 6 heterocycles. The second-order valence-electron chi connectivity index (χ2n) is 14.1. The minimum Gasteiger partial charge on any atom is -0.489 e. The summed E-state index contributed by atoms with van der Waals surface area (Å²) in [4.78, 5) is 41.1. The first-order valence-corrected chi connectivity index (χ1v) is 19.9. The number of hydrogen-bond acceptors (Lipinski definition) is 16. The lowest BCUT2D eigenvalue weighted by molar-refractivity contribution is -0.396. The van der Waals surface area contributed by atoms with Crippen molar-refractivity contribution in [2.45, 2.75) is 50.8 Å². The topological polar surface area (TPSA) is 165 Å². The number of anilines is 3. The fourth-order valence-electron chi connectivity index (χ4n) is 7.31. The molecule has 1 aliphatic carbocycles. The average molecular weight is 763 g/mol. The zero-order valence-corrected chi connectivity index (χ0v) is 32.3. The Kier molecular flexibility index (Phi) is 12.1. The van der Waals surface area contributed by atoms with Crippen molar-refractivity contribution in [1.29, 1.82) is 0 Å². The van der Waals surface area contributed by atoms with Gasteiger partial charge in [0.25, 0.3) is 0 Å². The summed E-state index contributed by atoms with van der Waals surface area (Å²) in [6.07, 6.45) is 12.3. The summed E-state index contributed by atoms with van der Waals surface area (Å²) in [6, 6.07) is 4.05. The summed E-state index contributed by atoms with van der Waals surface area (Å²) in [7, 11) is 3.82. The summed E-state index contributed by atoms with van der Waals surface area (Å²) in [5.41, 5.74) is 2.33. The van der Waals surface area contributed by atoms with Crippen LogP contribution in [-0.2, 0) is 11.8 Å². The molecule has 3 fully saturated rings. The van der Waals surface area contributed by atoms with E-state index in [0.29, 0.717) is 43.1 Å². The largest absolute Gasteiger partial charge is 0.489 e. The molecule has 7 rings (SSSR count). The molecule has 1 atom stereocenters. The molecule has 54 heavy (non-hydrogen) atoms. The van der Waals surface area contributed by atoms with Gasteiger partial charge in [0.15, 0.2) is 5.75 Å². The van der Waals surface area contributed by atoms with E-state index in [9.17, 15) is 10.1 Å². The molecule has 3 aliphatic rings. The Morgan fingerprint density at radius 2 is 1.74 bits per heavy atom. The van der Waals surface area contributed by atoms with Crippen LogP contribution in [0.5, 0.6) is 11.6 Å². The molecular weight excluding hydrogens is 713 g/mol. The number of nitro groups is 1. The van der Waals surface area contributed by atoms with Gasteiger partial charge < -0.3 is 43.7 Å². The lowest BCUT2D eigenvalue weighted by atomic mass is 9.93. The number of fused-ring (bicyclic) bond motifs is 1. The minimum atomic E-state index is -0.472. The van der Waals surface area contributed by atoms with Crippen LogP contribution in [0.15, 0.2) is 36.9 Å². The molecular formula is C36H50N12O5S. The number of nitrogens with one attached hydrogen (secondary N) is 1. The highest BCUT2D eigenvalue weighted by Crippen LogP contribution is 2.38. The van der Waals surface area contributed by atoms with Gasteiger partial charge in [0, 0.05) is 64.2 Å². The Morgan fingerprint density at radius 1 is 1.00 bits per heavy atom. The van der Waals surface area contributed by atoms with Crippen molar-refractivity contribution in [3.8, 4) is 11.6 Å².